The van der Waals surface area contributed by atoms with Crippen LogP contribution in [0, 0.1) is 0 Å². The van der Waals surface area contributed by atoms with Crippen LogP contribution in [0.25, 0.3) is 10.6 Å². The molecule has 0 aliphatic rings. The van der Waals surface area contributed by atoms with Crippen LogP contribution in [0.1, 0.15) is 24.2 Å². The second-order valence-corrected chi connectivity index (χ2v) is 7.30. The van der Waals surface area contributed by atoms with Crippen molar-refractivity contribution in [3.05, 3.63) is 40.6 Å². The van der Waals surface area contributed by atoms with E-state index >= 15 is 0 Å². The Labute approximate surface area is 162 Å². The molecule has 0 unspecified atom stereocenters. The molecule has 138 valence electrons. The summed E-state index contributed by atoms with van der Waals surface area (Å²) in [5.41, 5.74) is 2.00. The van der Waals surface area contributed by atoms with Gasteiger partial charge in [0.05, 0.1) is 0 Å². The number of aromatic nitrogens is 2. The molecule has 0 atom stereocenters. The van der Waals surface area contributed by atoms with Crippen LogP contribution < -0.4 is 16.0 Å². The van der Waals surface area contributed by atoms with Crippen molar-refractivity contribution in [2.24, 2.45) is 0 Å². The smallest absolute Gasteiger partial charge is 0.257 e. The van der Waals surface area contributed by atoms with Crippen molar-refractivity contribution in [3.63, 3.8) is 0 Å². The summed E-state index contributed by atoms with van der Waals surface area (Å²) in [6.45, 7) is 2.72. The van der Waals surface area contributed by atoms with E-state index in [-0.39, 0.29) is 17.4 Å². The molecule has 3 N–H and O–H groups in total. The van der Waals surface area contributed by atoms with Crippen LogP contribution >= 0.6 is 22.7 Å². The third-order valence-electron chi connectivity index (χ3n) is 3.25. The molecule has 0 radical (unpaired) electrons. The molecule has 0 saturated heterocycles. The lowest BCUT2D eigenvalue weighted by Crippen LogP contribution is -2.15. The lowest BCUT2D eigenvalue weighted by atomic mass is 10.1. The molecule has 27 heavy (non-hydrogen) atoms. The zero-order chi connectivity index (χ0) is 19.4. The van der Waals surface area contributed by atoms with E-state index in [1.54, 1.807) is 17.4 Å². The Balaban J connectivity index is 1.82. The maximum Gasteiger partial charge on any atom is 0.257 e. The predicted octanol–water partition coefficient (Wildman–Crippen LogP) is 3.44. The lowest BCUT2D eigenvalue weighted by molar-refractivity contribution is -0.115. The van der Waals surface area contributed by atoms with Gasteiger partial charge in [-0.15, -0.1) is 10.2 Å². The van der Waals surface area contributed by atoms with Gasteiger partial charge in [0.1, 0.15) is 5.01 Å². The molecule has 2 aromatic heterocycles. The molecule has 3 aromatic rings. The first-order valence-electron chi connectivity index (χ1n) is 7.78. The van der Waals surface area contributed by atoms with E-state index in [1.165, 1.54) is 37.3 Å². The maximum atomic E-state index is 12.6. The number of benzene rings is 1. The maximum absolute atomic E-state index is 12.6. The highest BCUT2D eigenvalue weighted by atomic mass is 32.1. The van der Waals surface area contributed by atoms with Gasteiger partial charge in [-0.05, 0) is 29.6 Å². The van der Waals surface area contributed by atoms with Crippen LogP contribution in [0.3, 0.4) is 0 Å². The Bertz CT molecular complexity index is 964. The SMILES string of the molecule is CC(=O)Nc1cc(NC(C)=O)cc(C(=O)Nc2nnc(-c3ccsc3)s2)c1. The fourth-order valence-corrected chi connectivity index (χ4v) is 3.71. The summed E-state index contributed by atoms with van der Waals surface area (Å²) in [7, 11) is 0. The number of hydrogen-bond acceptors (Lipinski definition) is 7. The minimum Gasteiger partial charge on any atom is -0.326 e. The van der Waals surface area contributed by atoms with Crippen LogP contribution in [0.5, 0.6) is 0 Å². The van der Waals surface area contributed by atoms with E-state index in [1.807, 2.05) is 16.8 Å². The first-order chi connectivity index (χ1) is 12.9. The van der Waals surface area contributed by atoms with Gasteiger partial charge in [-0.3, -0.25) is 19.7 Å². The highest BCUT2D eigenvalue weighted by Crippen LogP contribution is 2.28. The van der Waals surface area contributed by atoms with Gasteiger partial charge in [-0.2, -0.15) is 11.3 Å². The summed E-state index contributed by atoms with van der Waals surface area (Å²) in [6.07, 6.45) is 0. The second-order valence-electron chi connectivity index (χ2n) is 5.54. The predicted molar refractivity (Wildman–Crippen MR) is 106 cm³/mol. The largest absolute Gasteiger partial charge is 0.326 e. The molecule has 0 fully saturated rings. The minimum absolute atomic E-state index is 0.261. The number of hydrogen-bond donors (Lipinski definition) is 3. The van der Waals surface area contributed by atoms with Gasteiger partial charge >= 0.3 is 0 Å². The summed E-state index contributed by atoms with van der Waals surface area (Å²) in [5.74, 6) is -1.00. The van der Waals surface area contributed by atoms with E-state index < -0.39 is 5.91 Å². The average molecular weight is 401 g/mol. The van der Waals surface area contributed by atoms with Gasteiger partial charge in [-0.1, -0.05) is 11.3 Å². The summed E-state index contributed by atoms with van der Waals surface area (Å²) >= 11 is 2.81. The van der Waals surface area contributed by atoms with Crippen LogP contribution in [-0.4, -0.2) is 27.9 Å². The number of rotatable bonds is 5. The third-order valence-corrected chi connectivity index (χ3v) is 4.82. The molecule has 0 bridgehead atoms. The fraction of sp³-hybridized carbons (Fsp3) is 0.118. The standard InChI is InChI=1S/C17H15N5O3S2/c1-9(23)18-13-5-12(6-14(7-13)19-10(2)24)15(25)20-17-22-21-16(27-17)11-3-4-26-8-11/h3-8H,1-2H3,(H,18,23)(H,19,24)(H,20,22,25). The average Bonchev–Trinajstić information content (AvgIpc) is 3.24. The van der Waals surface area contributed by atoms with Crippen molar-refractivity contribution in [3.8, 4) is 10.6 Å². The van der Waals surface area contributed by atoms with E-state index in [0.29, 0.717) is 21.5 Å². The highest BCUT2D eigenvalue weighted by molar-refractivity contribution is 7.19. The highest BCUT2D eigenvalue weighted by Gasteiger charge is 2.14. The molecule has 0 spiro atoms. The van der Waals surface area contributed by atoms with Crippen molar-refractivity contribution in [2.45, 2.75) is 13.8 Å². The monoisotopic (exact) mass is 401 g/mol. The molecule has 1 aromatic carbocycles. The van der Waals surface area contributed by atoms with Crippen molar-refractivity contribution in [2.75, 3.05) is 16.0 Å². The molecular formula is C17H15N5O3S2. The molecule has 0 aliphatic heterocycles. The van der Waals surface area contributed by atoms with Gasteiger partial charge < -0.3 is 10.6 Å². The van der Waals surface area contributed by atoms with Crippen molar-refractivity contribution < 1.29 is 14.4 Å². The zero-order valence-corrected chi connectivity index (χ0v) is 16.0. The van der Waals surface area contributed by atoms with Crippen LogP contribution in [0.2, 0.25) is 0 Å². The number of nitrogens with zero attached hydrogens (tertiary/aromatic N) is 2. The number of thiophene rings is 1. The summed E-state index contributed by atoms with van der Waals surface area (Å²) < 4.78 is 0. The number of nitrogens with one attached hydrogen (secondary N) is 3. The molecular weight excluding hydrogens is 386 g/mol. The van der Waals surface area contributed by atoms with Gasteiger partial charge in [0, 0.05) is 41.7 Å². The first kappa shape index (κ1) is 18.7. The van der Waals surface area contributed by atoms with Crippen molar-refractivity contribution >= 4 is 56.9 Å². The van der Waals surface area contributed by atoms with Gasteiger partial charge in [-0.25, -0.2) is 0 Å². The number of amides is 3. The summed E-state index contributed by atoms with van der Waals surface area (Å²) in [4.78, 5) is 35.2. The Morgan fingerprint density at radius 3 is 2.15 bits per heavy atom. The quantitative estimate of drug-likeness (QED) is 0.606. The Kier molecular flexibility index (Phi) is 5.57. The number of carbonyl (C=O) groups is 3. The summed E-state index contributed by atoms with van der Waals surface area (Å²) in [5, 5.41) is 20.9. The topological polar surface area (TPSA) is 113 Å². The number of carbonyl (C=O) groups excluding carboxylic acids is 3. The molecule has 10 heteroatoms. The molecule has 8 nitrogen and oxygen atoms in total. The van der Waals surface area contributed by atoms with Crippen LogP contribution in [-0.2, 0) is 9.59 Å². The Morgan fingerprint density at radius 2 is 1.59 bits per heavy atom. The molecule has 3 rings (SSSR count). The number of anilines is 3. The molecule has 2 heterocycles. The molecule has 0 saturated carbocycles. The van der Waals surface area contributed by atoms with Crippen molar-refractivity contribution in [1.29, 1.82) is 0 Å². The van der Waals surface area contributed by atoms with E-state index in [4.69, 9.17) is 0 Å². The van der Waals surface area contributed by atoms with E-state index in [9.17, 15) is 14.4 Å². The lowest BCUT2D eigenvalue weighted by Gasteiger charge is -2.10. The molecule has 3 amide bonds. The normalized spacial score (nSPS) is 10.3. The van der Waals surface area contributed by atoms with Crippen LogP contribution in [0.15, 0.2) is 35.0 Å². The third kappa shape index (κ3) is 4.96. The van der Waals surface area contributed by atoms with Gasteiger partial charge in [0.15, 0.2) is 0 Å². The molecule has 0 aliphatic carbocycles. The minimum atomic E-state index is -0.429. The van der Waals surface area contributed by atoms with Gasteiger partial charge in [0.2, 0.25) is 16.9 Å². The van der Waals surface area contributed by atoms with E-state index in [2.05, 4.69) is 26.1 Å². The van der Waals surface area contributed by atoms with Crippen molar-refractivity contribution in [1.82, 2.24) is 10.2 Å². The van der Waals surface area contributed by atoms with Gasteiger partial charge in [0.25, 0.3) is 5.91 Å². The first-order valence-corrected chi connectivity index (χ1v) is 9.54. The van der Waals surface area contributed by atoms with E-state index in [0.717, 1.165) is 5.56 Å². The second kappa shape index (κ2) is 8.06. The van der Waals surface area contributed by atoms with Crippen LogP contribution in [0.4, 0.5) is 16.5 Å². The zero-order valence-electron chi connectivity index (χ0n) is 14.4. The Morgan fingerprint density at radius 1 is 0.926 bits per heavy atom. The fourth-order valence-electron chi connectivity index (χ4n) is 2.26. The Hall–Kier alpha value is -3.11. The summed E-state index contributed by atoms with van der Waals surface area (Å²) in [6, 6.07) is 6.53.